The molecule has 3 aromatic carbocycles. The zero-order valence-electron chi connectivity index (χ0n) is 20.3. The summed E-state index contributed by atoms with van der Waals surface area (Å²) in [6, 6.07) is 19.6. The predicted molar refractivity (Wildman–Crippen MR) is 134 cm³/mol. The molecular formula is C27H27N3O6. The van der Waals surface area contributed by atoms with Crippen molar-refractivity contribution in [2.45, 2.75) is 20.8 Å². The van der Waals surface area contributed by atoms with E-state index in [9.17, 15) is 4.79 Å². The maximum Gasteiger partial charge on any atom is 0.322 e. The molecule has 1 amide bonds. The predicted octanol–water partition coefficient (Wildman–Crippen LogP) is 5.98. The molecule has 4 rings (SSSR count). The van der Waals surface area contributed by atoms with Crippen LogP contribution in [0.2, 0.25) is 0 Å². The van der Waals surface area contributed by atoms with Crippen molar-refractivity contribution in [3.05, 3.63) is 72.3 Å². The molecule has 0 atom stereocenters. The number of hydrogen-bond donors (Lipinski definition) is 1. The highest BCUT2D eigenvalue weighted by Crippen LogP contribution is 2.41. The number of carbonyl (C=O) groups is 1. The van der Waals surface area contributed by atoms with Crippen LogP contribution in [-0.2, 0) is 0 Å². The first kappa shape index (κ1) is 24.6. The average molecular weight is 490 g/mol. The molecule has 0 saturated carbocycles. The van der Waals surface area contributed by atoms with E-state index in [-0.39, 0.29) is 11.9 Å². The SMILES string of the molecule is CCOc1cc(-c2nnc(NC(=O)c3ccc(Oc4ccccc4)cc3)o2)cc(OCC)c1OCC. The minimum atomic E-state index is -0.395. The Kier molecular flexibility index (Phi) is 8.02. The highest BCUT2D eigenvalue weighted by Gasteiger charge is 2.19. The monoisotopic (exact) mass is 489 g/mol. The number of benzene rings is 3. The van der Waals surface area contributed by atoms with Crippen molar-refractivity contribution in [3.63, 3.8) is 0 Å². The summed E-state index contributed by atoms with van der Waals surface area (Å²) in [5.74, 6) is 2.64. The third kappa shape index (κ3) is 5.93. The number of hydrogen-bond acceptors (Lipinski definition) is 8. The van der Waals surface area contributed by atoms with Crippen LogP contribution in [0.4, 0.5) is 6.01 Å². The zero-order valence-corrected chi connectivity index (χ0v) is 20.3. The van der Waals surface area contributed by atoms with E-state index in [0.717, 1.165) is 0 Å². The van der Waals surface area contributed by atoms with Crippen LogP contribution in [0.5, 0.6) is 28.7 Å². The van der Waals surface area contributed by atoms with E-state index >= 15 is 0 Å². The first-order valence-corrected chi connectivity index (χ1v) is 11.7. The van der Waals surface area contributed by atoms with E-state index < -0.39 is 5.91 Å². The molecule has 9 heteroatoms. The summed E-state index contributed by atoms with van der Waals surface area (Å²) in [5.41, 5.74) is 0.981. The Morgan fingerprint density at radius 3 is 2.03 bits per heavy atom. The molecule has 0 unspecified atom stereocenters. The van der Waals surface area contributed by atoms with Gasteiger partial charge < -0.3 is 23.4 Å². The molecular weight excluding hydrogens is 462 g/mol. The van der Waals surface area contributed by atoms with Crippen molar-refractivity contribution in [1.82, 2.24) is 10.2 Å². The third-order valence-corrected chi connectivity index (χ3v) is 4.90. The van der Waals surface area contributed by atoms with Gasteiger partial charge >= 0.3 is 6.01 Å². The highest BCUT2D eigenvalue weighted by atomic mass is 16.5. The van der Waals surface area contributed by atoms with E-state index in [1.807, 2.05) is 51.1 Å². The van der Waals surface area contributed by atoms with Crippen molar-refractivity contribution in [1.29, 1.82) is 0 Å². The van der Waals surface area contributed by atoms with E-state index in [4.69, 9.17) is 23.4 Å². The van der Waals surface area contributed by atoms with Gasteiger partial charge in [-0.3, -0.25) is 10.1 Å². The summed E-state index contributed by atoms with van der Waals surface area (Å²) < 4.78 is 28.7. The molecule has 1 heterocycles. The number of nitrogens with one attached hydrogen (secondary N) is 1. The van der Waals surface area contributed by atoms with Crippen LogP contribution in [0.3, 0.4) is 0 Å². The van der Waals surface area contributed by atoms with Gasteiger partial charge in [0, 0.05) is 11.1 Å². The maximum absolute atomic E-state index is 12.7. The first-order valence-electron chi connectivity index (χ1n) is 11.7. The Morgan fingerprint density at radius 1 is 0.806 bits per heavy atom. The number of rotatable bonds is 11. The lowest BCUT2D eigenvalue weighted by molar-refractivity contribution is 0.102. The Balaban J connectivity index is 1.49. The van der Waals surface area contributed by atoms with Crippen molar-refractivity contribution in [2.24, 2.45) is 0 Å². The summed E-state index contributed by atoms with van der Waals surface area (Å²) in [6.45, 7) is 6.98. The van der Waals surface area contributed by atoms with E-state index in [1.54, 1.807) is 36.4 Å². The van der Waals surface area contributed by atoms with Crippen molar-refractivity contribution in [3.8, 4) is 40.2 Å². The Hall–Kier alpha value is -4.53. The van der Waals surface area contributed by atoms with Gasteiger partial charge in [-0.05, 0) is 69.3 Å². The molecule has 0 spiro atoms. The summed E-state index contributed by atoms with van der Waals surface area (Å²) in [6.07, 6.45) is 0. The van der Waals surface area contributed by atoms with Crippen molar-refractivity contribution in [2.75, 3.05) is 25.1 Å². The summed E-state index contributed by atoms with van der Waals surface area (Å²) >= 11 is 0. The number of carbonyl (C=O) groups excluding carboxylic acids is 1. The summed E-state index contributed by atoms with van der Waals surface area (Å²) in [5, 5.41) is 10.6. The quantitative estimate of drug-likeness (QED) is 0.274. The van der Waals surface area contributed by atoms with Crippen LogP contribution in [-0.4, -0.2) is 35.9 Å². The Bertz CT molecular complexity index is 1260. The average Bonchev–Trinajstić information content (AvgIpc) is 3.35. The fourth-order valence-corrected chi connectivity index (χ4v) is 3.37. The molecule has 1 aromatic heterocycles. The summed E-state index contributed by atoms with van der Waals surface area (Å²) in [4.78, 5) is 12.7. The van der Waals surface area contributed by atoms with Gasteiger partial charge in [0.25, 0.3) is 5.91 Å². The molecule has 0 radical (unpaired) electrons. The lowest BCUT2D eigenvalue weighted by Gasteiger charge is -2.16. The standard InChI is InChI=1S/C27H27N3O6/c1-4-32-22-16-19(17-23(33-5-2)24(22)34-6-3)26-29-30-27(36-26)28-25(31)18-12-14-21(15-13-18)35-20-10-8-7-9-11-20/h7-17H,4-6H2,1-3H3,(H,28,30,31). The lowest BCUT2D eigenvalue weighted by atomic mass is 10.2. The molecule has 36 heavy (non-hydrogen) atoms. The van der Waals surface area contributed by atoms with Crippen LogP contribution < -0.4 is 24.3 Å². The minimum Gasteiger partial charge on any atom is -0.490 e. The maximum atomic E-state index is 12.7. The lowest BCUT2D eigenvalue weighted by Crippen LogP contribution is -2.11. The molecule has 4 aromatic rings. The van der Waals surface area contributed by atoms with Gasteiger partial charge in [0.15, 0.2) is 11.5 Å². The van der Waals surface area contributed by atoms with Crippen LogP contribution in [0.1, 0.15) is 31.1 Å². The van der Waals surface area contributed by atoms with Crippen molar-refractivity contribution < 1.29 is 28.2 Å². The van der Waals surface area contributed by atoms with Crippen LogP contribution in [0.25, 0.3) is 11.5 Å². The van der Waals surface area contributed by atoms with E-state index in [2.05, 4.69) is 15.5 Å². The molecule has 0 saturated heterocycles. The number of aromatic nitrogens is 2. The second-order valence-corrected chi connectivity index (χ2v) is 7.41. The van der Waals surface area contributed by atoms with E-state index in [1.165, 1.54) is 0 Å². The fourth-order valence-electron chi connectivity index (χ4n) is 3.37. The van der Waals surface area contributed by atoms with Gasteiger partial charge in [-0.1, -0.05) is 23.3 Å². The van der Waals surface area contributed by atoms with Gasteiger partial charge in [-0.15, -0.1) is 5.10 Å². The molecule has 1 N–H and O–H groups in total. The highest BCUT2D eigenvalue weighted by molar-refractivity contribution is 6.03. The number of para-hydroxylation sites is 1. The van der Waals surface area contributed by atoms with Crippen LogP contribution in [0, 0.1) is 0 Å². The molecule has 0 bridgehead atoms. The topological polar surface area (TPSA) is 105 Å². The van der Waals surface area contributed by atoms with Gasteiger partial charge in [0.05, 0.1) is 19.8 Å². The largest absolute Gasteiger partial charge is 0.490 e. The summed E-state index contributed by atoms with van der Waals surface area (Å²) in [7, 11) is 0. The molecule has 0 aliphatic carbocycles. The van der Waals surface area contributed by atoms with Crippen LogP contribution in [0.15, 0.2) is 71.1 Å². The smallest absolute Gasteiger partial charge is 0.322 e. The number of nitrogens with zero attached hydrogens (tertiary/aromatic N) is 2. The molecule has 9 nitrogen and oxygen atoms in total. The van der Waals surface area contributed by atoms with Gasteiger partial charge in [-0.2, -0.15) is 0 Å². The fraction of sp³-hybridized carbons (Fsp3) is 0.222. The first-order chi connectivity index (χ1) is 17.6. The number of anilines is 1. The Morgan fingerprint density at radius 2 is 1.42 bits per heavy atom. The van der Waals surface area contributed by atoms with Gasteiger partial charge in [0.1, 0.15) is 11.5 Å². The Labute approximate surface area is 209 Å². The van der Waals surface area contributed by atoms with E-state index in [0.29, 0.717) is 59.7 Å². The molecule has 0 aliphatic heterocycles. The zero-order chi connectivity index (χ0) is 25.3. The molecule has 186 valence electrons. The molecule has 0 fully saturated rings. The normalized spacial score (nSPS) is 10.5. The van der Waals surface area contributed by atoms with Crippen molar-refractivity contribution >= 4 is 11.9 Å². The second-order valence-electron chi connectivity index (χ2n) is 7.41. The van der Waals surface area contributed by atoms with Gasteiger partial charge in [0.2, 0.25) is 11.6 Å². The second kappa shape index (κ2) is 11.7. The van der Waals surface area contributed by atoms with Crippen LogP contribution >= 0.6 is 0 Å². The molecule has 0 aliphatic rings. The number of amides is 1. The third-order valence-electron chi connectivity index (χ3n) is 4.90. The minimum absolute atomic E-state index is 0.0376. The number of ether oxygens (including phenoxy) is 4. The van der Waals surface area contributed by atoms with Gasteiger partial charge in [-0.25, -0.2) is 0 Å².